The molecule has 0 bridgehead atoms. The van der Waals surface area contributed by atoms with Crippen LogP contribution in [0.2, 0.25) is 10.0 Å². The molecule has 4 nitrogen and oxygen atoms in total. The van der Waals surface area contributed by atoms with Crippen LogP contribution in [0, 0.1) is 0 Å². The number of hydrogen-bond donors (Lipinski definition) is 1. The highest BCUT2D eigenvalue weighted by Gasteiger charge is 2.22. The van der Waals surface area contributed by atoms with Crippen LogP contribution in [0.1, 0.15) is 5.56 Å². The first kappa shape index (κ1) is 15.3. The van der Waals surface area contributed by atoms with Crippen molar-refractivity contribution in [2.45, 2.75) is 6.10 Å². The van der Waals surface area contributed by atoms with E-state index in [1.54, 1.807) is 29.2 Å². The highest BCUT2D eigenvalue weighted by Crippen LogP contribution is 2.20. The Morgan fingerprint density at radius 3 is 2.75 bits per heavy atom. The Balaban J connectivity index is 2.01. The lowest BCUT2D eigenvalue weighted by molar-refractivity contribution is -0.134. The SMILES string of the molecule is O=C(/C=C/c1cc(Cl)cc(Cl)c1)N1CCOC(CO)C1. The van der Waals surface area contributed by atoms with E-state index in [9.17, 15) is 4.79 Å². The number of aliphatic hydroxyl groups is 1. The first-order valence-corrected chi connectivity index (χ1v) is 6.99. The van der Waals surface area contributed by atoms with E-state index in [4.69, 9.17) is 33.0 Å². The summed E-state index contributed by atoms with van der Waals surface area (Å²) in [6.45, 7) is 1.27. The number of aliphatic hydroxyl groups excluding tert-OH is 1. The molecule has 1 aliphatic heterocycles. The summed E-state index contributed by atoms with van der Waals surface area (Å²) < 4.78 is 5.30. The number of benzene rings is 1. The summed E-state index contributed by atoms with van der Waals surface area (Å²) in [7, 11) is 0. The molecule has 1 aromatic rings. The van der Waals surface area contributed by atoms with E-state index in [1.807, 2.05) is 0 Å². The number of hydrogen-bond acceptors (Lipinski definition) is 3. The van der Waals surface area contributed by atoms with E-state index in [0.29, 0.717) is 29.7 Å². The van der Waals surface area contributed by atoms with Gasteiger partial charge in [-0.15, -0.1) is 0 Å². The molecule has 0 saturated carbocycles. The fraction of sp³-hybridized carbons (Fsp3) is 0.357. The minimum absolute atomic E-state index is 0.0859. The van der Waals surface area contributed by atoms with Crippen molar-refractivity contribution in [2.75, 3.05) is 26.3 Å². The second-order valence-corrected chi connectivity index (χ2v) is 5.37. The van der Waals surface area contributed by atoms with Crippen LogP contribution in [0.15, 0.2) is 24.3 Å². The van der Waals surface area contributed by atoms with Crippen molar-refractivity contribution in [1.29, 1.82) is 0 Å². The summed E-state index contributed by atoms with van der Waals surface area (Å²) in [5.41, 5.74) is 0.766. The molecule has 0 radical (unpaired) electrons. The van der Waals surface area contributed by atoms with Crippen LogP contribution in [0.25, 0.3) is 6.08 Å². The predicted molar refractivity (Wildman–Crippen MR) is 78.9 cm³/mol. The second-order valence-electron chi connectivity index (χ2n) is 4.50. The summed E-state index contributed by atoms with van der Waals surface area (Å²) in [5, 5.41) is 10.1. The lowest BCUT2D eigenvalue weighted by Crippen LogP contribution is -2.46. The van der Waals surface area contributed by atoms with Crippen LogP contribution < -0.4 is 0 Å². The Morgan fingerprint density at radius 2 is 2.10 bits per heavy atom. The van der Waals surface area contributed by atoms with Gasteiger partial charge in [0.1, 0.15) is 0 Å². The fourth-order valence-electron chi connectivity index (χ4n) is 1.97. The maximum absolute atomic E-state index is 12.0. The van der Waals surface area contributed by atoms with E-state index in [2.05, 4.69) is 0 Å². The molecule has 1 amide bonds. The Morgan fingerprint density at radius 1 is 1.40 bits per heavy atom. The van der Waals surface area contributed by atoms with E-state index in [0.717, 1.165) is 5.56 Å². The molecule has 20 heavy (non-hydrogen) atoms. The average Bonchev–Trinajstić information content (AvgIpc) is 2.44. The number of ether oxygens (including phenoxy) is 1. The summed E-state index contributed by atoms with van der Waals surface area (Å²) in [6.07, 6.45) is 2.84. The molecule has 1 saturated heterocycles. The summed E-state index contributed by atoms with van der Waals surface area (Å²) >= 11 is 11.8. The molecule has 1 fully saturated rings. The highest BCUT2D eigenvalue weighted by atomic mass is 35.5. The molecule has 1 atom stereocenters. The zero-order chi connectivity index (χ0) is 14.5. The van der Waals surface area contributed by atoms with Gasteiger partial charge in [0.05, 0.1) is 19.3 Å². The minimum atomic E-state index is -0.304. The molecule has 1 unspecified atom stereocenters. The average molecular weight is 316 g/mol. The van der Waals surface area contributed by atoms with Crippen LogP contribution in [-0.4, -0.2) is 48.3 Å². The van der Waals surface area contributed by atoms with Crippen molar-refractivity contribution in [2.24, 2.45) is 0 Å². The van der Waals surface area contributed by atoms with Crippen molar-refractivity contribution in [3.63, 3.8) is 0 Å². The Hall–Kier alpha value is -1.07. The third kappa shape index (κ3) is 4.21. The number of rotatable bonds is 3. The van der Waals surface area contributed by atoms with Crippen molar-refractivity contribution >= 4 is 35.2 Å². The quantitative estimate of drug-likeness (QED) is 0.870. The maximum atomic E-state index is 12.0. The molecule has 1 N–H and O–H groups in total. The largest absolute Gasteiger partial charge is 0.394 e. The molecule has 0 spiro atoms. The van der Waals surface area contributed by atoms with Crippen LogP contribution in [0.5, 0.6) is 0 Å². The zero-order valence-corrected chi connectivity index (χ0v) is 12.3. The van der Waals surface area contributed by atoms with Crippen LogP contribution >= 0.6 is 23.2 Å². The molecule has 1 heterocycles. The highest BCUT2D eigenvalue weighted by molar-refractivity contribution is 6.34. The molecule has 6 heteroatoms. The van der Waals surface area contributed by atoms with Crippen LogP contribution in [-0.2, 0) is 9.53 Å². The van der Waals surface area contributed by atoms with Gasteiger partial charge in [0.15, 0.2) is 0 Å². The van der Waals surface area contributed by atoms with Gasteiger partial charge in [-0.25, -0.2) is 0 Å². The van der Waals surface area contributed by atoms with Crippen molar-refractivity contribution in [3.8, 4) is 0 Å². The van der Waals surface area contributed by atoms with Crippen LogP contribution in [0.4, 0.5) is 0 Å². The van der Waals surface area contributed by atoms with E-state index < -0.39 is 0 Å². The topological polar surface area (TPSA) is 49.8 Å². The number of carbonyl (C=O) groups is 1. The van der Waals surface area contributed by atoms with Gasteiger partial charge in [-0.1, -0.05) is 23.2 Å². The van der Waals surface area contributed by atoms with Gasteiger partial charge in [-0.3, -0.25) is 4.79 Å². The molecule has 108 valence electrons. The Bertz CT molecular complexity index is 499. The zero-order valence-electron chi connectivity index (χ0n) is 10.8. The first-order valence-electron chi connectivity index (χ1n) is 6.24. The van der Waals surface area contributed by atoms with Gasteiger partial charge in [0.25, 0.3) is 0 Å². The lowest BCUT2D eigenvalue weighted by Gasteiger charge is -2.31. The van der Waals surface area contributed by atoms with Crippen molar-refractivity contribution in [3.05, 3.63) is 39.9 Å². The molecular formula is C14H15Cl2NO3. The summed E-state index contributed by atoms with van der Waals surface area (Å²) in [4.78, 5) is 13.7. The number of halogens is 2. The van der Waals surface area contributed by atoms with Gasteiger partial charge in [-0.2, -0.15) is 0 Å². The van der Waals surface area contributed by atoms with E-state index in [1.165, 1.54) is 6.08 Å². The molecule has 1 aromatic carbocycles. The molecule has 1 aliphatic rings. The number of carbonyl (C=O) groups excluding carboxylic acids is 1. The van der Waals surface area contributed by atoms with E-state index in [-0.39, 0.29) is 18.6 Å². The maximum Gasteiger partial charge on any atom is 0.246 e. The van der Waals surface area contributed by atoms with Crippen LogP contribution in [0.3, 0.4) is 0 Å². The second kappa shape index (κ2) is 7.09. The fourth-order valence-corrected chi connectivity index (χ4v) is 2.52. The van der Waals surface area contributed by atoms with Crippen molar-refractivity contribution in [1.82, 2.24) is 4.90 Å². The summed E-state index contributed by atoms with van der Waals surface area (Å²) in [5.74, 6) is -0.122. The third-order valence-corrected chi connectivity index (χ3v) is 3.39. The Labute approximate surface area is 127 Å². The Kier molecular flexibility index (Phi) is 5.43. The lowest BCUT2D eigenvalue weighted by atomic mass is 10.2. The predicted octanol–water partition coefficient (Wildman–Crippen LogP) is 2.23. The van der Waals surface area contributed by atoms with Crippen molar-refractivity contribution < 1.29 is 14.6 Å². The van der Waals surface area contributed by atoms with Gasteiger partial charge < -0.3 is 14.7 Å². The normalized spacial score (nSPS) is 19.6. The van der Waals surface area contributed by atoms with Gasteiger partial charge in [0.2, 0.25) is 5.91 Å². The monoisotopic (exact) mass is 315 g/mol. The molecule has 0 aliphatic carbocycles. The number of amides is 1. The first-order chi connectivity index (χ1) is 9.58. The minimum Gasteiger partial charge on any atom is -0.394 e. The van der Waals surface area contributed by atoms with E-state index >= 15 is 0 Å². The van der Waals surface area contributed by atoms with Gasteiger partial charge in [-0.05, 0) is 29.8 Å². The number of morpholine rings is 1. The van der Waals surface area contributed by atoms with Gasteiger partial charge >= 0.3 is 0 Å². The number of nitrogens with zero attached hydrogens (tertiary/aromatic N) is 1. The smallest absolute Gasteiger partial charge is 0.246 e. The van der Waals surface area contributed by atoms with Gasteiger partial charge in [0, 0.05) is 29.2 Å². The summed E-state index contributed by atoms with van der Waals surface area (Å²) in [6, 6.07) is 5.09. The molecule has 2 rings (SSSR count). The third-order valence-electron chi connectivity index (χ3n) is 2.96. The standard InChI is InChI=1S/C14H15Cl2NO3/c15-11-5-10(6-12(16)7-11)1-2-14(19)17-3-4-20-13(8-17)9-18/h1-2,5-7,13,18H,3-4,8-9H2/b2-1+. The molecule has 0 aromatic heterocycles. The molecular weight excluding hydrogens is 301 g/mol.